The van der Waals surface area contributed by atoms with Crippen molar-refractivity contribution in [1.29, 1.82) is 0 Å². The number of amides is 2. The molecule has 23 heavy (non-hydrogen) atoms. The van der Waals surface area contributed by atoms with Gasteiger partial charge in [-0.15, -0.1) is 11.8 Å². The molecule has 0 radical (unpaired) electrons. The van der Waals surface area contributed by atoms with Crippen molar-refractivity contribution < 1.29 is 9.59 Å². The van der Waals surface area contributed by atoms with E-state index in [1.807, 2.05) is 51.3 Å². The van der Waals surface area contributed by atoms with Gasteiger partial charge in [-0.05, 0) is 52.3 Å². The number of rotatable bonds is 8. The lowest BCUT2D eigenvalue weighted by Gasteiger charge is -2.26. The fraction of sp³-hybridized carbons (Fsp3) is 0.529. The number of nitrogens with one attached hydrogen (secondary N) is 1. The van der Waals surface area contributed by atoms with Crippen molar-refractivity contribution in [2.45, 2.75) is 31.7 Å². The molecule has 0 fully saturated rings. The van der Waals surface area contributed by atoms with Crippen LogP contribution in [0.3, 0.4) is 0 Å². The van der Waals surface area contributed by atoms with Gasteiger partial charge in [0.1, 0.15) is 0 Å². The average molecular weight is 337 g/mol. The molecule has 0 aliphatic carbocycles. The van der Waals surface area contributed by atoms with Crippen LogP contribution in [0.25, 0.3) is 0 Å². The molecule has 1 N–H and O–H groups in total. The van der Waals surface area contributed by atoms with Crippen molar-refractivity contribution in [3.05, 3.63) is 24.3 Å². The molecule has 5 nitrogen and oxygen atoms in total. The van der Waals surface area contributed by atoms with Gasteiger partial charge >= 0.3 is 0 Å². The summed E-state index contributed by atoms with van der Waals surface area (Å²) in [4.78, 5) is 29.1. The molecular formula is C17H27N3O2S. The SMILES string of the molecule is CCN(CC)C(=O)CN(C)C(C)C(=O)Nc1cccc(SC)c1. The minimum Gasteiger partial charge on any atom is -0.342 e. The van der Waals surface area contributed by atoms with Crippen LogP contribution < -0.4 is 5.32 Å². The molecular weight excluding hydrogens is 310 g/mol. The standard InChI is InChI=1S/C17H27N3O2S/c1-6-20(7-2)16(21)12-19(4)13(3)17(22)18-14-9-8-10-15(11-14)23-5/h8-11,13H,6-7,12H2,1-5H3,(H,18,22). The Labute approximate surface area is 143 Å². The van der Waals surface area contributed by atoms with Crippen LogP contribution in [-0.4, -0.2) is 60.6 Å². The summed E-state index contributed by atoms with van der Waals surface area (Å²) in [5.41, 5.74) is 0.775. The minimum atomic E-state index is -0.382. The number of anilines is 1. The van der Waals surface area contributed by atoms with Crippen LogP contribution in [0.15, 0.2) is 29.2 Å². The highest BCUT2D eigenvalue weighted by Gasteiger charge is 2.21. The number of carbonyl (C=O) groups is 2. The molecule has 1 rings (SSSR count). The quantitative estimate of drug-likeness (QED) is 0.741. The van der Waals surface area contributed by atoms with Crippen LogP contribution in [0.5, 0.6) is 0 Å². The summed E-state index contributed by atoms with van der Waals surface area (Å²) in [5.74, 6) is -0.0698. The van der Waals surface area contributed by atoms with Crippen LogP contribution >= 0.6 is 11.8 Å². The van der Waals surface area contributed by atoms with E-state index in [2.05, 4.69) is 5.32 Å². The van der Waals surface area contributed by atoms with Gasteiger partial charge in [0.15, 0.2) is 0 Å². The van der Waals surface area contributed by atoms with Gasteiger partial charge in [0.05, 0.1) is 12.6 Å². The molecule has 0 aliphatic rings. The van der Waals surface area contributed by atoms with Crippen molar-refractivity contribution >= 4 is 29.3 Å². The third kappa shape index (κ3) is 5.88. The summed E-state index contributed by atoms with van der Waals surface area (Å²) >= 11 is 1.63. The normalized spacial score (nSPS) is 12.1. The van der Waals surface area contributed by atoms with Crippen LogP contribution in [-0.2, 0) is 9.59 Å². The average Bonchev–Trinajstić information content (AvgIpc) is 2.55. The molecule has 128 valence electrons. The van der Waals surface area contributed by atoms with Gasteiger partial charge in [-0.3, -0.25) is 14.5 Å². The number of hydrogen-bond acceptors (Lipinski definition) is 4. The van der Waals surface area contributed by atoms with Crippen LogP contribution in [0.4, 0.5) is 5.69 Å². The largest absolute Gasteiger partial charge is 0.342 e. The van der Waals surface area contributed by atoms with E-state index in [1.54, 1.807) is 28.6 Å². The highest BCUT2D eigenvalue weighted by molar-refractivity contribution is 7.98. The molecule has 1 unspecified atom stereocenters. The summed E-state index contributed by atoms with van der Waals surface area (Å²) < 4.78 is 0. The third-order valence-electron chi connectivity index (χ3n) is 3.88. The Balaban J connectivity index is 2.62. The monoisotopic (exact) mass is 337 g/mol. The summed E-state index contributed by atoms with van der Waals surface area (Å²) in [7, 11) is 1.80. The van der Waals surface area contributed by atoms with E-state index in [0.29, 0.717) is 13.1 Å². The van der Waals surface area contributed by atoms with Crippen LogP contribution in [0.1, 0.15) is 20.8 Å². The van der Waals surface area contributed by atoms with Gasteiger partial charge in [0.2, 0.25) is 11.8 Å². The van der Waals surface area contributed by atoms with E-state index < -0.39 is 0 Å². The molecule has 0 bridgehead atoms. The minimum absolute atomic E-state index is 0.0431. The molecule has 0 aliphatic heterocycles. The van der Waals surface area contributed by atoms with E-state index in [4.69, 9.17) is 0 Å². The predicted molar refractivity (Wildman–Crippen MR) is 96.9 cm³/mol. The van der Waals surface area contributed by atoms with Gasteiger partial charge in [0.25, 0.3) is 0 Å². The predicted octanol–water partition coefficient (Wildman–Crippen LogP) is 2.54. The number of nitrogens with zero attached hydrogens (tertiary/aromatic N) is 2. The molecule has 1 aromatic rings. The first kappa shape index (κ1) is 19.5. The Morgan fingerprint density at radius 3 is 2.48 bits per heavy atom. The molecule has 0 aromatic heterocycles. The topological polar surface area (TPSA) is 52.7 Å². The van der Waals surface area contributed by atoms with Gasteiger partial charge in [-0.25, -0.2) is 0 Å². The van der Waals surface area contributed by atoms with Crippen molar-refractivity contribution in [2.24, 2.45) is 0 Å². The Bertz CT molecular complexity index is 532. The van der Waals surface area contributed by atoms with Gasteiger partial charge in [-0.2, -0.15) is 0 Å². The Morgan fingerprint density at radius 2 is 1.91 bits per heavy atom. The molecule has 6 heteroatoms. The van der Waals surface area contributed by atoms with E-state index in [9.17, 15) is 9.59 Å². The Hall–Kier alpha value is -1.53. The molecule has 0 saturated heterocycles. The van der Waals surface area contributed by atoms with E-state index >= 15 is 0 Å². The second-order valence-corrected chi connectivity index (χ2v) is 6.26. The van der Waals surface area contributed by atoms with Crippen LogP contribution in [0.2, 0.25) is 0 Å². The maximum Gasteiger partial charge on any atom is 0.241 e. The van der Waals surface area contributed by atoms with Crippen molar-refractivity contribution in [3.63, 3.8) is 0 Å². The summed E-state index contributed by atoms with van der Waals surface area (Å²) in [6.45, 7) is 7.33. The lowest BCUT2D eigenvalue weighted by Crippen LogP contribution is -2.46. The van der Waals surface area contributed by atoms with E-state index in [-0.39, 0.29) is 24.4 Å². The fourth-order valence-corrected chi connectivity index (χ4v) is 2.63. The molecule has 0 saturated carbocycles. The first-order chi connectivity index (χ1) is 10.9. The van der Waals surface area contributed by atoms with E-state index in [0.717, 1.165) is 10.6 Å². The first-order valence-electron chi connectivity index (χ1n) is 7.85. The highest BCUT2D eigenvalue weighted by Crippen LogP contribution is 2.19. The lowest BCUT2D eigenvalue weighted by molar-refractivity contribution is -0.133. The zero-order chi connectivity index (χ0) is 17.4. The smallest absolute Gasteiger partial charge is 0.241 e. The van der Waals surface area contributed by atoms with Gasteiger partial charge in [0, 0.05) is 23.7 Å². The Kier molecular flexibility index (Phi) is 8.12. The fourth-order valence-electron chi connectivity index (χ4n) is 2.17. The van der Waals surface area contributed by atoms with E-state index in [1.165, 1.54) is 0 Å². The number of likely N-dealkylation sites (N-methyl/N-ethyl adjacent to an activating group) is 2. The molecule has 1 atom stereocenters. The van der Waals surface area contributed by atoms with Crippen molar-refractivity contribution in [3.8, 4) is 0 Å². The lowest BCUT2D eigenvalue weighted by atomic mass is 10.2. The summed E-state index contributed by atoms with van der Waals surface area (Å²) in [5, 5.41) is 2.91. The third-order valence-corrected chi connectivity index (χ3v) is 4.60. The second-order valence-electron chi connectivity index (χ2n) is 5.38. The highest BCUT2D eigenvalue weighted by atomic mass is 32.2. The zero-order valence-electron chi connectivity index (χ0n) is 14.6. The molecule has 0 spiro atoms. The second kappa shape index (κ2) is 9.57. The maximum absolute atomic E-state index is 12.4. The molecule has 1 aromatic carbocycles. The number of thioether (sulfide) groups is 1. The first-order valence-corrected chi connectivity index (χ1v) is 9.08. The number of carbonyl (C=O) groups excluding carboxylic acids is 2. The molecule has 0 heterocycles. The Morgan fingerprint density at radius 1 is 1.26 bits per heavy atom. The van der Waals surface area contributed by atoms with Crippen molar-refractivity contribution in [2.75, 3.05) is 38.3 Å². The maximum atomic E-state index is 12.4. The van der Waals surface area contributed by atoms with Crippen LogP contribution in [0, 0.1) is 0 Å². The number of hydrogen-bond donors (Lipinski definition) is 1. The zero-order valence-corrected chi connectivity index (χ0v) is 15.4. The number of benzene rings is 1. The van der Waals surface area contributed by atoms with Gasteiger partial charge < -0.3 is 10.2 Å². The summed E-state index contributed by atoms with van der Waals surface area (Å²) in [6.07, 6.45) is 2.00. The van der Waals surface area contributed by atoms with Crippen molar-refractivity contribution in [1.82, 2.24) is 9.80 Å². The van der Waals surface area contributed by atoms with Gasteiger partial charge in [-0.1, -0.05) is 6.07 Å². The molecule has 2 amide bonds. The summed E-state index contributed by atoms with van der Waals surface area (Å²) in [6, 6.07) is 7.34.